The average molecular weight is 453 g/mol. The molecule has 7 nitrogen and oxygen atoms in total. The number of nitrogens with one attached hydrogen (secondary N) is 1. The summed E-state index contributed by atoms with van der Waals surface area (Å²) in [5.41, 5.74) is 4.30. The van der Waals surface area contributed by atoms with Crippen molar-refractivity contribution in [3.63, 3.8) is 0 Å². The lowest BCUT2D eigenvalue weighted by Crippen LogP contribution is -2.14. The van der Waals surface area contributed by atoms with Gasteiger partial charge in [0.15, 0.2) is 0 Å². The summed E-state index contributed by atoms with van der Waals surface area (Å²) in [6.45, 7) is 1.01. The average Bonchev–Trinajstić information content (AvgIpc) is 3.29. The predicted molar refractivity (Wildman–Crippen MR) is 125 cm³/mol. The van der Waals surface area contributed by atoms with E-state index in [1.807, 2.05) is 11.4 Å². The zero-order valence-corrected chi connectivity index (χ0v) is 19.0. The smallest absolute Gasteiger partial charge is 0.304 e. The number of unbranched alkanes of at least 4 members (excludes halogenated alkanes) is 1. The van der Waals surface area contributed by atoms with Gasteiger partial charge >= 0.3 is 5.97 Å². The highest BCUT2D eigenvalue weighted by atomic mass is 32.1. The second-order valence-corrected chi connectivity index (χ2v) is 8.90. The minimum absolute atomic E-state index is 0.0149. The number of carbonyl (C=O) groups is 1. The number of hydrogen-bond acceptors (Lipinski definition) is 7. The van der Waals surface area contributed by atoms with Gasteiger partial charge in [-0.15, -0.1) is 11.3 Å². The summed E-state index contributed by atoms with van der Waals surface area (Å²) in [5, 5.41) is 15.6. The van der Waals surface area contributed by atoms with Gasteiger partial charge in [0.2, 0.25) is 5.88 Å². The van der Waals surface area contributed by atoms with Crippen LogP contribution in [0.3, 0.4) is 0 Å². The SMILES string of the molecule is COc1ccc([C@H](CC(=O)O)c2nc(CCCCc3ccc4c(n3)NCCC4)cs2)cn1. The fraction of sp³-hybridized carbons (Fsp3) is 0.417. The molecule has 3 aromatic heterocycles. The Kier molecular flexibility index (Phi) is 7.32. The molecule has 0 fully saturated rings. The first kappa shape index (κ1) is 22.2. The number of methoxy groups -OCH3 is 1. The zero-order valence-electron chi connectivity index (χ0n) is 18.2. The molecule has 0 amide bonds. The van der Waals surface area contributed by atoms with Gasteiger partial charge in [0.1, 0.15) is 10.8 Å². The number of hydrogen-bond donors (Lipinski definition) is 2. The van der Waals surface area contributed by atoms with Crippen molar-refractivity contribution in [3.8, 4) is 5.88 Å². The van der Waals surface area contributed by atoms with Crippen LogP contribution in [-0.2, 0) is 24.1 Å². The van der Waals surface area contributed by atoms with Gasteiger partial charge in [-0.3, -0.25) is 4.79 Å². The van der Waals surface area contributed by atoms with Crippen LogP contribution in [0.15, 0.2) is 35.8 Å². The molecule has 2 N–H and O–H groups in total. The van der Waals surface area contributed by atoms with Crippen molar-refractivity contribution in [3.05, 3.63) is 63.4 Å². The van der Waals surface area contributed by atoms with Gasteiger partial charge in [0, 0.05) is 35.8 Å². The number of ether oxygens (including phenoxy) is 1. The molecular weight excluding hydrogens is 424 g/mol. The largest absolute Gasteiger partial charge is 0.481 e. The fourth-order valence-corrected chi connectivity index (χ4v) is 4.94. The summed E-state index contributed by atoms with van der Waals surface area (Å²) in [6, 6.07) is 7.96. The number of aryl methyl sites for hydroxylation is 3. The van der Waals surface area contributed by atoms with E-state index in [0.717, 1.165) is 66.4 Å². The van der Waals surface area contributed by atoms with Crippen molar-refractivity contribution < 1.29 is 14.6 Å². The molecule has 0 aromatic carbocycles. The van der Waals surface area contributed by atoms with Gasteiger partial charge in [-0.05, 0) is 55.7 Å². The van der Waals surface area contributed by atoms with Crippen LogP contribution in [0, 0.1) is 0 Å². The second kappa shape index (κ2) is 10.5. The van der Waals surface area contributed by atoms with Crippen molar-refractivity contribution >= 4 is 23.1 Å². The number of rotatable bonds is 10. The van der Waals surface area contributed by atoms with Gasteiger partial charge < -0.3 is 15.2 Å². The van der Waals surface area contributed by atoms with Crippen LogP contribution in [0.2, 0.25) is 0 Å². The number of carboxylic acid groups (broad SMARTS) is 1. The molecule has 4 heterocycles. The van der Waals surface area contributed by atoms with Gasteiger partial charge in [0.25, 0.3) is 0 Å². The molecule has 0 saturated carbocycles. The Bertz CT molecular complexity index is 1050. The monoisotopic (exact) mass is 452 g/mol. The van der Waals surface area contributed by atoms with E-state index in [1.54, 1.807) is 19.4 Å². The third-order valence-corrected chi connectivity index (χ3v) is 6.69. The normalized spacial score (nSPS) is 13.8. The summed E-state index contributed by atoms with van der Waals surface area (Å²) >= 11 is 1.52. The van der Waals surface area contributed by atoms with E-state index in [1.165, 1.54) is 23.3 Å². The summed E-state index contributed by atoms with van der Waals surface area (Å²) in [7, 11) is 1.56. The number of carboxylic acids is 1. The summed E-state index contributed by atoms with van der Waals surface area (Å²) in [4.78, 5) is 25.2. The number of aliphatic carboxylic acids is 1. The molecule has 3 aromatic rings. The standard InChI is InChI=1S/C24H28N4O3S/c1-31-21-11-9-17(14-26-21)20(13-22(29)30)24-28-19(15-32-24)7-3-2-6-18-10-8-16-5-4-12-25-23(16)27-18/h8-11,14-15,20H,2-7,12-13H2,1H3,(H,25,27)(H,29,30)/t20-/m0/s1. The lowest BCUT2D eigenvalue weighted by molar-refractivity contribution is -0.137. The topological polar surface area (TPSA) is 97.2 Å². The second-order valence-electron chi connectivity index (χ2n) is 8.01. The molecule has 1 atom stereocenters. The van der Waals surface area contributed by atoms with Crippen LogP contribution in [0.25, 0.3) is 0 Å². The van der Waals surface area contributed by atoms with Crippen molar-refractivity contribution in [1.29, 1.82) is 0 Å². The van der Waals surface area contributed by atoms with Crippen molar-refractivity contribution in [2.24, 2.45) is 0 Å². The van der Waals surface area contributed by atoms with Crippen molar-refractivity contribution in [2.45, 2.75) is 50.9 Å². The first-order valence-corrected chi connectivity index (χ1v) is 11.9. The Labute approximate surface area is 191 Å². The summed E-state index contributed by atoms with van der Waals surface area (Å²) < 4.78 is 5.11. The molecular formula is C24H28N4O3S. The van der Waals surface area contributed by atoms with Crippen LogP contribution in [-0.4, -0.2) is 39.7 Å². The molecule has 0 aliphatic carbocycles. The number of thiazole rings is 1. The first-order chi connectivity index (χ1) is 15.6. The molecule has 1 aliphatic heterocycles. The van der Waals surface area contributed by atoms with Crippen LogP contribution >= 0.6 is 11.3 Å². The van der Waals surface area contributed by atoms with E-state index in [9.17, 15) is 9.90 Å². The van der Waals surface area contributed by atoms with Crippen molar-refractivity contribution in [1.82, 2.24) is 15.0 Å². The van der Waals surface area contributed by atoms with Gasteiger partial charge in [0.05, 0.1) is 19.2 Å². The number of fused-ring (bicyclic) bond motifs is 1. The van der Waals surface area contributed by atoms with Crippen LogP contribution < -0.4 is 10.1 Å². The summed E-state index contributed by atoms with van der Waals surface area (Å²) in [5.74, 6) is 0.397. The quantitative estimate of drug-likeness (QED) is 0.438. The van der Waals surface area contributed by atoms with Gasteiger partial charge in [-0.25, -0.2) is 15.0 Å². The fourth-order valence-electron chi connectivity index (χ4n) is 3.96. The maximum Gasteiger partial charge on any atom is 0.304 e. The molecule has 4 rings (SSSR count). The highest BCUT2D eigenvalue weighted by Gasteiger charge is 2.22. The molecule has 0 saturated heterocycles. The van der Waals surface area contributed by atoms with E-state index in [4.69, 9.17) is 14.7 Å². The molecule has 8 heteroatoms. The Morgan fingerprint density at radius 2 is 2.03 bits per heavy atom. The summed E-state index contributed by atoms with van der Waals surface area (Å²) in [6.07, 6.45) is 7.82. The third kappa shape index (κ3) is 5.62. The van der Waals surface area contributed by atoms with E-state index >= 15 is 0 Å². The number of aromatic nitrogens is 3. The van der Waals surface area contributed by atoms with E-state index in [0.29, 0.717) is 5.88 Å². The molecule has 0 bridgehead atoms. The molecule has 32 heavy (non-hydrogen) atoms. The minimum Gasteiger partial charge on any atom is -0.481 e. The Morgan fingerprint density at radius 3 is 2.78 bits per heavy atom. The highest BCUT2D eigenvalue weighted by Crippen LogP contribution is 2.31. The zero-order chi connectivity index (χ0) is 22.3. The molecule has 168 valence electrons. The molecule has 0 spiro atoms. The Morgan fingerprint density at radius 1 is 1.19 bits per heavy atom. The van der Waals surface area contributed by atoms with Crippen LogP contribution in [0.1, 0.15) is 59.1 Å². The highest BCUT2D eigenvalue weighted by molar-refractivity contribution is 7.09. The molecule has 0 unspecified atom stereocenters. The van der Waals surface area contributed by atoms with Crippen LogP contribution in [0.4, 0.5) is 5.82 Å². The first-order valence-electron chi connectivity index (χ1n) is 11.0. The minimum atomic E-state index is -0.852. The lowest BCUT2D eigenvalue weighted by atomic mass is 9.98. The number of anilines is 1. The van der Waals surface area contributed by atoms with Crippen LogP contribution in [0.5, 0.6) is 5.88 Å². The molecule has 0 radical (unpaired) electrons. The van der Waals surface area contributed by atoms with Gasteiger partial charge in [-0.1, -0.05) is 12.1 Å². The lowest BCUT2D eigenvalue weighted by Gasteiger charge is -2.17. The number of nitrogens with zero attached hydrogens (tertiary/aromatic N) is 3. The maximum atomic E-state index is 11.4. The van der Waals surface area contributed by atoms with E-state index in [2.05, 4.69) is 22.4 Å². The Hall–Kier alpha value is -3.00. The maximum absolute atomic E-state index is 11.4. The van der Waals surface area contributed by atoms with E-state index in [-0.39, 0.29) is 12.3 Å². The number of pyridine rings is 2. The van der Waals surface area contributed by atoms with E-state index < -0.39 is 5.97 Å². The third-order valence-electron chi connectivity index (χ3n) is 5.68. The van der Waals surface area contributed by atoms with Crippen molar-refractivity contribution in [2.75, 3.05) is 19.0 Å². The predicted octanol–water partition coefficient (Wildman–Crippen LogP) is 4.47. The van der Waals surface area contributed by atoms with Gasteiger partial charge in [-0.2, -0.15) is 0 Å². The molecule has 1 aliphatic rings. The Balaban J connectivity index is 1.34.